The highest BCUT2D eigenvalue weighted by Gasteiger charge is 2.10. The van der Waals surface area contributed by atoms with E-state index < -0.39 is 0 Å². The van der Waals surface area contributed by atoms with E-state index in [-0.39, 0.29) is 12.3 Å². The quantitative estimate of drug-likeness (QED) is 0.709. The van der Waals surface area contributed by atoms with E-state index in [9.17, 15) is 4.39 Å². The second-order valence-electron chi connectivity index (χ2n) is 5.08. The van der Waals surface area contributed by atoms with Gasteiger partial charge in [-0.15, -0.1) is 0 Å². The van der Waals surface area contributed by atoms with Gasteiger partial charge < -0.3 is 20.0 Å². The Bertz CT molecular complexity index is 829. The van der Waals surface area contributed by atoms with Crippen LogP contribution in [-0.2, 0) is 11.2 Å². The van der Waals surface area contributed by atoms with Crippen molar-refractivity contribution in [3.8, 4) is 11.5 Å². The minimum absolute atomic E-state index is 0.240. The number of ether oxygens (including phenoxy) is 1. The van der Waals surface area contributed by atoms with E-state index in [0.717, 1.165) is 16.5 Å². The van der Waals surface area contributed by atoms with Crippen LogP contribution in [0.3, 0.4) is 0 Å². The van der Waals surface area contributed by atoms with E-state index >= 15 is 0 Å². The molecule has 0 fully saturated rings. The van der Waals surface area contributed by atoms with Gasteiger partial charge in [0.2, 0.25) is 0 Å². The molecular formula is C18H18FNO4. The molecule has 5 nitrogen and oxygen atoms in total. The Morgan fingerprint density at radius 1 is 1.29 bits per heavy atom. The molecule has 0 saturated carbocycles. The zero-order valence-electron chi connectivity index (χ0n) is 13.2. The fourth-order valence-electron chi connectivity index (χ4n) is 2.28. The summed E-state index contributed by atoms with van der Waals surface area (Å²) in [6, 6.07) is 10.6. The van der Waals surface area contributed by atoms with E-state index in [0.29, 0.717) is 30.0 Å². The molecule has 1 aromatic heterocycles. The Labute approximate surface area is 138 Å². The highest BCUT2D eigenvalue weighted by atomic mass is 19.1. The molecule has 0 bridgehead atoms. The van der Waals surface area contributed by atoms with Crippen molar-refractivity contribution in [1.82, 2.24) is 0 Å². The lowest BCUT2D eigenvalue weighted by atomic mass is 10.1. The van der Waals surface area contributed by atoms with Crippen LogP contribution in [0.5, 0.6) is 11.5 Å². The predicted molar refractivity (Wildman–Crippen MR) is 88.9 cm³/mol. The first kappa shape index (κ1) is 17.5. The number of hydrogen-bond donors (Lipinski definition) is 2. The second-order valence-corrected chi connectivity index (χ2v) is 5.08. The third kappa shape index (κ3) is 4.11. The maximum Gasteiger partial charge on any atom is 0.290 e. The van der Waals surface area contributed by atoms with Gasteiger partial charge in [-0.2, -0.15) is 0 Å². The number of halogens is 1. The summed E-state index contributed by atoms with van der Waals surface area (Å²) in [6.07, 6.45) is 2.21. The minimum Gasteiger partial charge on any atom is -0.483 e. The van der Waals surface area contributed by atoms with Gasteiger partial charge in [0.15, 0.2) is 0 Å². The van der Waals surface area contributed by atoms with Crippen LogP contribution < -0.4 is 10.5 Å². The lowest BCUT2D eigenvalue weighted by Crippen LogP contribution is -2.05. The lowest BCUT2D eigenvalue weighted by Gasteiger charge is -2.12. The molecule has 0 saturated heterocycles. The topological polar surface area (TPSA) is 85.7 Å². The number of rotatable bonds is 4. The summed E-state index contributed by atoms with van der Waals surface area (Å²) in [7, 11) is 0. The molecule has 0 aliphatic carbocycles. The third-order valence-electron chi connectivity index (χ3n) is 3.41. The molecule has 0 aliphatic rings. The van der Waals surface area contributed by atoms with Crippen molar-refractivity contribution < 1.29 is 23.4 Å². The number of furan rings is 1. The van der Waals surface area contributed by atoms with Gasteiger partial charge in [0.25, 0.3) is 6.47 Å². The van der Waals surface area contributed by atoms with E-state index in [1.165, 1.54) is 6.07 Å². The monoisotopic (exact) mass is 331 g/mol. The third-order valence-corrected chi connectivity index (χ3v) is 3.41. The smallest absolute Gasteiger partial charge is 0.290 e. The van der Waals surface area contributed by atoms with E-state index in [1.807, 2.05) is 24.3 Å². The molecule has 3 aromatic rings. The summed E-state index contributed by atoms with van der Waals surface area (Å²) in [5, 5.41) is 7.85. The van der Waals surface area contributed by atoms with Gasteiger partial charge in [0.1, 0.15) is 22.9 Å². The molecule has 6 heteroatoms. The van der Waals surface area contributed by atoms with E-state index in [2.05, 4.69) is 0 Å². The predicted octanol–water partition coefficient (Wildman–Crippen LogP) is 3.87. The first-order valence-corrected chi connectivity index (χ1v) is 7.31. The van der Waals surface area contributed by atoms with Crippen LogP contribution in [0.25, 0.3) is 11.0 Å². The van der Waals surface area contributed by atoms with Crippen LogP contribution >= 0.6 is 0 Å². The lowest BCUT2D eigenvalue weighted by molar-refractivity contribution is -0.122. The number of carboxylic acid groups (broad SMARTS) is 1. The van der Waals surface area contributed by atoms with Gasteiger partial charge in [0.05, 0.1) is 6.26 Å². The number of aryl methyl sites for hydroxylation is 1. The number of fused-ring (bicyclic) bond motifs is 1. The first-order valence-electron chi connectivity index (χ1n) is 7.31. The van der Waals surface area contributed by atoms with Crippen LogP contribution in [0.4, 0.5) is 4.39 Å². The molecule has 3 N–H and O–H groups in total. The Morgan fingerprint density at radius 3 is 2.75 bits per heavy atom. The van der Waals surface area contributed by atoms with Gasteiger partial charge >= 0.3 is 0 Å². The summed E-state index contributed by atoms with van der Waals surface area (Å²) in [5.74, 6) is 1.09. The number of nitrogens with two attached hydrogens (primary N) is 1. The van der Waals surface area contributed by atoms with Crippen LogP contribution in [0.15, 0.2) is 47.1 Å². The van der Waals surface area contributed by atoms with Gasteiger partial charge in [-0.1, -0.05) is 0 Å². The first-order chi connectivity index (χ1) is 11.6. The molecule has 0 aliphatic heterocycles. The molecule has 3 rings (SSSR count). The Balaban J connectivity index is 0.000000647. The zero-order valence-corrected chi connectivity index (χ0v) is 13.2. The highest BCUT2D eigenvalue weighted by Crippen LogP contribution is 2.30. The average Bonchev–Trinajstić information content (AvgIpc) is 3.01. The molecule has 24 heavy (non-hydrogen) atoms. The summed E-state index contributed by atoms with van der Waals surface area (Å²) < 4.78 is 24.9. The number of carbonyl (C=O) groups is 1. The van der Waals surface area contributed by atoms with Crippen molar-refractivity contribution in [3.05, 3.63) is 59.6 Å². The van der Waals surface area contributed by atoms with Crippen molar-refractivity contribution in [2.45, 2.75) is 13.3 Å². The van der Waals surface area contributed by atoms with E-state index in [1.54, 1.807) is 19.3 Å². The van der Waals surface area contributed by atoms with Crippen molar-refractivity contribution >= 4 is 17.4 Å². The fourth-order valence-corrected chi connectivity index (χ4v) is 2.28. The Kier molecular flexibility index (Phi) is 5.92. The number of benzene rings is 2. The molecule has 1 heterocycles. The van der Waals surface area contributed by atoms with Crippen molar-refractivity contribution in [3.63, 3.8) is 0 Å². The maximum atomic E-state index is 13.7. The molecule has 2 aromatic carbocycles. The van der Waals surface area contributed by atoms with Crippen molar-refractivity contribution in [1.29, 1.82) is 0 Å². The Morgan fingerprint density at radius 2 is 2.04 bits per heavy atom. The molecule has 0 unspecified atom stereocenters. The molecule has 0 radical (unpaired) electrons. The molecule has 0 amide bonds. The maximum absolute atomic E-state index is 13.7. The fraction of sp³-hybridized carbons (Fsp3) is 0.167. The van der Waals surface area contributed by atoms with Crippen molar-refractivity contribution in [2.75, 3.05) is 6.54 Å². The summed E-state index contributed by atoms with van der Waals surface area (Å²) in [4.78, 5) is 8.36. The van der Waals surface area contributed by atoms with Gasteiger partial charge in [-0.25, -0.2) is 4.39 Å². The molecule has 126 valence electrons. The van der Waals surface area contributed by atoms with Crippen LogP contribution in [0.2, 0.25) is 0 Å². The minimum atomic E-state index is -0.250. The Hall–Kier alpha value is -2.86. The average molecular weight is 331 g/mol. The highest BCUT2D eigenvalue weighted by molar-refractivity contribution is 5.78. The largest absolute Gasteiger partial charge is 0.483 e. The molecule has 0 spiro atoms. The SMILES string of the molecule is Cc1cc(Oc2ccc3occc3c2)c(CCN)cc1F.O=CO. The second kappa shape index (κ2) is 8.12. The number of hydrogen-bond acceptors (Lipinski definition) is 4. The van der Waals surface area contributed by atoms with Crippen LogP contribution in [0, 0.1) is 12.7 Å². The zero-order chi connectivity index (χ0) is 17.5. The van der Waals surface area contributed by atoms with Crippen LogP contribution in [-0.4, -0.2) is 18.1 Å². The molecular weight excluding hydrogens is 313 g/mol. The standard InChI is InChI=1S/C17H16FNO2.CH2O2/c1-11-8-17(12(4-6-19)10-15(11)18)21-14-2-3-16-13(9-14)5-7-20-16;2-1-3/h2-3,5,7-10H,4,6,19H2,1H3;1H,(H,2,3). The molecule has 0 atom stereocenters. The normalized spacial score (nSPS) is 10.1. The van der Waals surface area contributed by atoms with Crippen LogP contribution in [0.1, 0.15) is 11.1 Å². The van der Waals surface area contributed by atoms with Crippen molar-refractivity contribution in [2.24, 2.45) is 5.73 Å². The van der Waals surface area contributed by atoms with E-state index in [4.69, 9.17) is 24.8 Å². The van der Waals surface area contributed by atoms with Gasteiger partial charge in [-0.05, 0) is 67.4 Å². The van der Waals surface area contributed by atoms with Gasteiger partial charge in [-0.3, -0.25) is 4.79 Å². The summed E-state index contributed by atoms with van der Waals surface area (Å²) >= 11 is 0. The summed E-state index contributed by atoms with van der Waals surface area (Å²) in [5.41, 5.74) is 7.71. The van der Waals surface area contributed by atoms with Gasteiger partial charge in [0, 0.05) is 5.39 Å². The summed E-state index contributed by atoms with van der Waals surface area (Å²) in [6.45, 7) is 1.91.